The third-order valence-corrected chi connectivity index (χ3v) is 1.76. The maximum absolute atomic E-state index is 11.1. The van der Waals surface area contributed by atoms with Crippen LogP contribution in [-0.2, 0) is 0 Å². The molecular formula is C8H9NOS. The minimum absolute atomic E-state index is 0.0862. The van der Waals surface area contributed by atoms with Crippen molar-refractivity contribution >= 4 is 18.4 Å². The summed E-state index contributed by atoms with van der Waals surface area (Å²) in [5.41, 5.74) is 0.610. The van der Waals surface area contributed by atoms with Gasteiger partial charge in [0.1, 0.15) is 5.03 Å². The van der Waals surface area contributed by atoms with Crippen molar-refractivity contribution in [1.29, 1.82) is 0 Å². The van der Waals surface area contributed by atoms with Gasteiger partial charge in [-0.25, -0.2) is 4.98 Å². The van der Waals surface area contributed by atoms with Gasteiger partial charge in [-0.2, -0.15) is 0 Å². The van der Waals surface area contributed by atoms with Crippen molar-refractivity contribution in [2.75, 3.05) is 0 Å². The molecule has 0 aliphatic carbocycles. The van der Waals surface area contributed by atoms with Gasteiger partial charge >= 0.3 is 0 Å². The van der Waals surface area contributed by atoms with E-state index >= 15 is 0 Å². The Kier molecular flexibility index (Phi) is 2.65. The smallest absolute Gasteiger partial charge is 0.165 e. The highest BCUT2D eigenvalue weighted by Gasteiger charge is 2.05. The topological polar surface area (TPSA) is 30.0 Å². The van der Waals surface area contributed by atoms with E-state index < -0.39 is 0 Å². The summed E-state index contributed by atoms with van der Waals surface area (Å²) in [7, 11) is 0. The zero-order valence-electron chi connectivity index (χ0n) is 6.24. The second-order valence-electron chi connectivity index (χ2n) is 2.15. The zero-order valence-corrected chi connectivity index (χ0v) is 7.14. The standard InChI is InChI=1S/C8H9NOS/c1-2-7(10)6-4-3-5-9-8(6)11/h3-5H,2H2,1H3,(H,9,11). The lowest BCUT2D eigenvalue weighted by molar-refractivity contribution is 0.0984. The van der Waals surface area contributed by atoms with Crippen LogP contribution in [-0.4, -0.2) is 10.8 Å². The lowest BCUT2D eigenvalue weighted by Crippen LogP contribution is -1.98. The first-order valence-corrected chi connectivity index (χ1v) is 3.87. The second-order valence-corrected chi connectivity index (χ2v) is 2.57. The number of nitrogens with zero attached hydrogens (tertiary/aromatic N) is 1. The summed E-state index contributed by atoms with van der Waals surface area (Å²) in [6.07, 6.45) is 2.12. The molecule has 1 rings (SSSR count). The number of pyridine rings is 1. The molecule has 2 nitrogen and oxygen atoms in total. The summed E-state index contributed by atoms with van der Waals surface area (Å²) < 4.78 is 0. The van der Waals surface area contributed by atoms with Crippen molar-refractivity contribution in [1.82, 2.24) is 4.98 Å². The molecule has 0 aliphatic heterocycles. The van der Waals surface area contributed by atoms with Crippen molar-refractivity contribution in [3.8, 4) is 0 Å². The molecule has 0 aliphatic rings. The first kappa shape index (κ1) is 8.27. The van der Waals surface area contributed by atoms with E-state index in [4.69, 9.17) is 0 Å². The molecule has 11 heavy (non-hydrogen) atoms. The number of carbonyl (C=O) groups is 1. The molecule has 0 amide bonds. The van der Waals surface area contributed by atoms with Crippen molar-refractivity contribution < 1.29 is 4.79 Å². The molecule has 1 heterocycles. The average molecular weight is 167 g/mol. The quantitative estimate of drug-likeness (QED) is 0.539. The van der Waals surface area contributed by atoms with Crippen molar-refractivity contribution in [3.63, 3.8) is 0 Å². The number of thiol groups is 1. The zero-order chi connectivity index (χ0) is 8.27. The van der Waals surface area contributed by atoms with E-state index in [1.165, 1.54) is 0 Å². The van der Waals surface area contributed by atoms with Crippen LogP contribution in [0.25, 0.3) is 0 Å². The minimum Gasteiger partial charge on any atom is -0.294 e. The van der Waals surface area contributed by atoms with Gasteiger partial charge < -0.3 is 0 Å². The normalized spacial score (nSPS) is 9.64. The number of hydrogen-bond donors (Lipinski definition) is 1. The number of carbonyl (C=O) groups excluding carboxylic acids is 1. The summed E-state index contributed by atoms with van der Waals surface area (Å²) in [6.45, 7) is 1.82. The van der Waals surface area contributed by atoms with E-state index in [2.05, 4.69) is 17.6 Å². The maximum Gasteiger partial charge on any atom is 0.165 e. The maximum atomic E-state index is 11.1. The first-order valence-electron chi connectivity index (χ1n) is 3.43. The van der Waals surface area contributed by atoms with Gasteiger partial charge in [-0.15, -0.1) is 12.6 Å². The Bertz CT molecular complexity index is 273. The van der Waals surface area contributed by atoms with E-state index in [-0.39, 0.29) is 5.78 Å². The molecule has 0 unspecified atom stereocenters. The molecule has 58 valence electrons. The average Bonchev–Trinajstić information content (AvgIpc) is 2.04. The predicted octanol–water partition coefficient (Wildman–Crippen LogP) is 1.96. The van der Waals surface area contributed by atoms with E-state index in [1.54, 1.807) is 18.3 Å². The summed E-state index contributed by atoms with van der Waals surface area (Å²) in [5, 5.41) is 0.513. The van der Waals surface area contributed by atoms with Gasteiger partial charge in [-0.3, -0.25) is 4.79 Å². The number of ketones is 1. The largest absolute Gasteiger partial charge is 0.294 e. The fourth-order valence-electron chi connectivity index (χ4n) is 0.805. The highest BCUT2D eigenvalue weighted by Crippen LogP contribution is 2.11. The number of Topliss-reactive ketones (excluding diaryl/α,β-unsaturated/α-hetero) is 1. The van der Waals surface area contributed by atoms with E-state index in [9.17, 15) is 4.79 Å². The highest BCUT2D eigenvalue weighted by molar-refractivity contribution is 7.80. The van der Waals surface area contributed by atoms with Crippen molar-refractivity contribution in [2.24, 2.45) is 0 Å². The molecule has 0 bridgehead atoms. The second kappa shape index (κ2) is 3.53. The third kappa shape index (κ3) is 1.80. The minimum atomic E-state index is 0.0862. The number of hydrogen-bond acceptors (Lipinski definition) is 3. The van der Waals surface area contributed by atoms with E-state index in [1.807, 2.05) is 6.92 Å². The van der Waals surface area contributed by atoms with Gasteiger partial charge in [0.25, 0.3) is 0 Å². The Morgan fingerprint density at radius 2 is 2.45 bits per heavy atom. The highest BCUT2D eigenvalue weighted by atomic mass is 32.1. The molecule has 0 N–H and O–H groups in total. The van der Waals surface area contributed by atoms with Crippen LogP contribution in [0.4, 0.5) is 0 Å². The molecule has 1 aromatic rings. The molecule has 0 atom stereocenters. The monoisotopic (exact) mass is 167 g/mol. The fraction of sp³-hybridized carbons (Fsp3) is 0.250. The van der Waals surface area contributed by atoms with Crippen molar-refractivity contribution in [2.45, 2.75) is 18.4 Å². The lowest BCUT2D eigenvalue weighted by Gasteiger charge is -1.98. The Labute approximate surface area is 71.1 Å². The first-order chi connectivity index (χ1) is 5.25. The lowest BCUT2D eigenvalue weighted by atomic mass is 10.1. The Morgan fingerprint density at radius 3 is 3.00 bits per heavy atom. The third-order valence-electron chi connectivity index (χ3n) is 1.41. The van der Waals surface area contributed by atoms with Crippen LogP contribution < -0.4 is 0 Å². The fourth-order valence-corrected chi connectivity index (χ4v) is 1.07. The number of aromatic nitrogens is 1. The Morgan fingerprint density at radius 1 is 1.73 bits per heavy atom. The van der Waals surface area contributed by atoms with Gasteiger partial charge in [-0.1, -0.05) is 6.92 Å². The van der Waals surface area contributed by atoms with Crippen LogP contribution >= 0.6 is 12.6 Å². The molecule has 0 saturated heterocycles. The van der Waals surface area contributed by atoms with Crippen LogP contribution in [0.1, 0.15) is 23.7 Å². The van der Waals surface area contributed by atoms with Gasteiger partial charge in [0.2, 0.25) is 0 Å². The van der Waals surface area contributed by atoms with Crippen LogP contribution in [0.3, 0.4) is 0 Å². The molecule has 0 saturated carbocycles. The summed E-state index contributed by atoms with van der Waals surface area (Å²) >= 11 is 4.06. The van der Waals surface area contributed by atoms with Crippen molar-refractivity contribution in [3.05, 3.63) is 23.9 Å². The Balaban J connectivity index is 3.03. The van der Waals surface area contributed by atoms with Gasteiger partial charge in [-0.05, 0) is 12.1 Å². The van der Waals surface area contributed by atoms with E-state index in [0.29, 0.717) is 17.0 Å². The van der Waals surface area contributed by atoms with E-state index in [0.717, 1.165) is 0 Å². The summed E-state index contributed by atoms with van der Waals surface area (Å²) in [4.78, 5) is 15.0. The molecule has 0 spiro atoms. The SMILES string of the molecule is CCC(=O)c1cccnc1S. The Hall–Kier alpha value is -0.830. The van der Waals surface area contributed by atoms with Gasteiger partial charge in [0.05, 0.1) is 0 Å². The molecule has 0 radical (unpaired) electrons. The molecule has 0 fully saturated rings. The summed E-state index contributed by atoms with van der Waals surface area (Å²) in [5.74, 6) is 0.0862. The van der Waals surface area contributed by atoms with Gasteiger partial charge in [0.15, 0.2) is 5.78 Å². The van der Waals surface area contributed by atoms with Crippen LogP contribution in [0.15, 0.2) is 23.4 Å². The van der Waals surface area contributed by atoms with Crippen LogP contribution in [0.2, 0.25) is 0 Å². The molecule has 3 heteroatoms. The van der Waals surface area contributed by atoms with Gasteiger partial charge in [0, 0.05) is 18.2 Å². The summed E-state index contributed by atoms with van der Waals surface area (Å²) in [6, 6.07) is 3.48. The number of rotatable bonds is 2. The molecule has 0 aromatic carbocycles. The molecular weight excluding hydrogens is 158 g/mol. The molecule has 1 aromatic heterocycles. The van der Waals surface area contributed by atoms with Crippen LogP contribution in [0, 0.1) is 0 Å². The van der Waals surface area contributed by atoms with Crippen LogP contribution in [0.5, 0.6) is 0 Å². The predicted molar refractivity (Wildman–Crippen MR) is 46.1 cm³/mol.